The molecule has 3 rings (SSSR count). The van der Waals surface area contributed by atoms with Crippen molar-refractivity contribution in [3.63, 3.8) is 0 Å². The van der Waals surface area contributed by atoms with Crippen LogP contribution in [0.4, 0.5) is 5.69 Å². The molecule has 1 aromatic heterocycles. The van der Waals surface area contributed by atoms with Crippen molar-refractivity contribution in [1.82, 2.24) is 9.55 Å². The van der Waals surface area contributed by atoms with Gasteiger partial charge in [-0.3, -0.25) is 0 Å². The van der Waals surface area contributed by atoms with Gasteiger partial charge in [-0.2, -0.15) is 0 Å². The van der Waals surface area contributed by atoms with E-state index in [4.69, 9.17) is 22.3 Å². The van der Waals surface area contributed by atoms with Crippen LogP contribution in [0.1, 0.15) is 6.92 Å². The smallest absolute Gasteiger partial charge is 0.143 e. The minimum Gasteiger partial charge on any atom is -0.397 e. The zero-order chi connectivity index (χ0) is 15.1. The summed E-state index contributed by atoms with van der Waals surface area (Å²) in [6, 6.07) is 9.61. The van der Waals surface area contributed by atoms with Gasteiger partial charge in [-0.25, -0.2) is 4.98 Å². The Morgan fingerprint density at radius 2 is 2.00 bits per heavy atom. The van der Waals surface area contributed by atoms with Crippen LogP contribution in [0.15, 0.2) is 39.3 Å². The number of hydrogen-bond acceptors (Lipinski definition) is 2. The fraction of sp³-hybridized carbons (Fsp3) is 0.133. The van der Waals surface area contributed by atoms with Crippen LogP contribution in [0.25, 0.3) is 22.4 Å². The number of benzene rings is 2. The summed E-state index contributed by atoms with van der Waals surface area (Å²) < 4.78 is 3.91. The molecule has 6 heteroatoms. The molecule has 0 saturated heterocycles. The highest BCUT2D eigenvalue weighted by Crippen LogP contribution is 2.36. The first-order valence-corrected chi connectivity index (χ1v) is 8.38. The predicted molar refractivity (Wildman–Crippen MR) is 95.7 cm³/mol. The zero-order valence-corrected chi connectivity index (χ0v) is 15.1. The summed E-state index contributed by atoms with van der Waals surface area (Å²) in [6.07, 6.45) is 0. The normalized spacial score (nSPS) is 11.2. The number of nitrogens with zero attached hydrogens (tertiary/aromatic N) is 2. The van der Waals surface area contributed by atoms with Gasteiger partial charge >= 0.3 is 0 Å². The van der Waals surface area contributed by atoms with Crippen molar-refractivity contribution in [2.75, 3.05) is 5.73 Å². The van der Waals surface area contributed by atoms with Crippen LogP contribution in [0.5, 0.6) is 0 Å². The van der Waals surface area contributed by atoms with Crippen molar-refractivity contribution in [1.29, 1.82) is 0 Å². The Kier molecular flexibility index (Phi) is 3.99. The first-order valence-electron chi connectivity index (χ1n) is 6.42. The van der Waals surface area contributed by atoms with E-state index in [2.05, 4.69) is 43.4 Å². The number of aryl methyl sites for hydroxylation is 1. The summed E-state index contributed by atoms with van der Waals surface area (Å²) in [6.45, 7) is 2.87. The molecule has 0 aliphatic heterocycles. The SMILES string of the molecule is CCn1c(-c2cc(Br)cc(Br)c2N)nc2ccc(Cl)cc21. The highest BCUT2D eigenvalue weighted by Gasteiger charge is 2.16. The molecular formula is C15H12Br2ClN3. The zero-order valence-electron chi connectivity index (χ0n) is 11.2. The lowest BCUT2D eigenvalue weighted by molar-refractivity contribution is 0.796. The third kappa shape index (κ3) is 2.58. The molecule has 0 aliphatic carbocycles. The molecule has 0 aliphatic rings. The number of rotatable bonds is 2. The van der Waals surface area contributed by atoms with Gasteiger partial charge in [0.25, 0.3) is 0 Å². The molecule has 2 aromatic carbocycles. The lowest BCUT2D eigenvalue weighted by Crippen LogP contribution is -2.00. The molecule has 108 valence electrons. The number of imidazole rings is 1. The second kappa shape index (κ2) is 5.63. The highest BCUT2D eigenvalue weighted by molar-refractivity contribution is 9.11. The fourth-order valence-corrected chi connectivity index (χ4v) is 3.78. The molecule has 0 fully saturated rings. The van der Waals surface area contributed by atoms with Crippen molar-refractivity contribution in [3.8, 4) is 11.4 Å². The van der Waals surface area contributed by atoms with Gasteiger partial charge < -0.3 is 10.3 Å². The van der Waals surface area contributed by atoms with Crippen LogP contribution in [0, 0.1) is 0 Å². The average molecular weight is 430 g/mol. The quantitative estimate of drug-likeness (QED) is 0.548. The molecule has 0 bridgehead atoms. The Morgan fingerprint density at radius 1 is 1.24 bits per heavy atom. The minimum atomic E-state index is 0.675. The van der Waals surface area contributed by atoms with Crippen molar-refractivity contribution in [2.45, 2.75) is 13.5 Å². The lowest BCUT2D eigenvalue weighted by Gasteiger charge is -2.10. The lowest BCUT2D eigenvalue weighted by atomic mass is 10.1. The summed E-state index contributed by atoms with van der Waals surface area (Å²) in [5.74, 6) is 0.842. The first kappa shape index (κ1) is 14.9. The number of halogens is 3. The van der Waals surface area contributed by atoms with Gasteiger partial charge in [-0.1, -0.05) is 27.5 Å². The summed E-state index contributed by atoms with van der Waals surface area (Å²) in [7, 11) is 0. The molecule has 3 nitrogen and oxygen atoms in total. The summed E-state index contributed by atoms with van der Waals surface area (Å²) in [4.78, 5) is 4.72. The minimum absolute atomic E-state index is 0.675. The summed E-state index contributed by atoms with van der Waals surface area (Å²) >= 11 is 13.1. The maximum Gasteiger partial charge on any atom is 0.143 e. The monoisotopic (exact) mass is 427 g/mol. The molecule has 3 aromatic rings. The van der Waals surface area contributed by atoms with Crippen molar-refractivity contribution >= 4 is 60.2 Å². The molecule has 0 atom stereocenters. The van der Waals surface area contributed by atoms with Gasteiger partial charge in [0.05, 0.1) is 16.7 Å². The van der Waals surface area contributed by atoms with Gasteiger partial charge in [0.15, 0.2) is 0 Å². The second-order valence-electron chi connectivity index (χ2n) is 4.66. The van der Waals surface area contributed by atoms with Crippen LogP contribution in [-0.4, -0.2) is 9.55 Å². The molecule has 2 N–H and O–H groups in total. The number of hydrogen-bond donors (Lipinski definition) is 1. The summed E-state index contributed by atoms with van der Waals surface area (Å²) in [5.41, 5.74) is 9.70. The van der Waals surface area contributed by atoms with Crippen molar-refractivity contribution < 1.29 is 0 Å². The number of fused-ring (bicyclic) bond motifs is 1. The van der Waals surface area contributed by atoms with Gasteiger partial charge in [0.1, 0.15) is 5.82 Å². The average Bonchev–Trinajstić information content (AvgIpc) is 2.80. The van der Waals surface area contributed by atoms with Gasteiger partial charge in [-0.05, 0) is 53.2 Å². The van der Waals surface area contributed by atoms with Gasteiger partial charge in [0, 0.05) is 26.1 Å². The molecular weight excluding hydrogens is 417 g/mol. The highest BCUT2D eigenvalue weighted by atomic mass is 79.9. The van der Waals surface area contributed by atoms with E-state index in [1.54, 1.807) is 0 Å². The number of nitrogens with two attached hydrogens (primary N) is 1. The fourth-order valence-electron chi connectivity index (χ4n) is 2.39. The largest absolute Gasteiger partial charge is 0.397 e. The topological polar surface area (TPSA) is 43.8 Å². The van der Waals surface area contributed by atoms with E-state index < -0.39 is 0 Å². The Balaban J connectivity index is 2.35. The summed E-state index contributed by atoms with van der Waals surface area (Å²) in [5, 5.41) is 0.701. The number of aromatic nitrogens is 2. The maximum atomic E-state index is 6.21. The second-order valence-corrected chi connectivity index (χ2v) is 6.87. The van der Waals surface area contributed by atoms with Crippen LogP contribution in [0.2, 0.25) is 5.02 Å². The van der Waals surface area contributed by atoms with Crippen LogP contribution < -0.4 is 5.73 Å². The van der Waals surface area contributed by atoms with Crippen LogP contribution >= 0.6 is 43.5 Å². The molecule has 0 radical (unpaired) electrons. The third-order valence-corrected chi connectivity index (χ3v) is 4.71. The van der Waals surface area contributed by atoms with E-state index >= 15 is 0 Å². The standard InChI is InChI=1S/C15H12Br2ClN3/c1-2-21-13-7-9(18)3-4-12(13)20-15(21)10-5-8(16)6-11(17)14(10)19/h3-7H,2,19H2,1H3. The number of anilines is 1. The van der Waals surface area contributed by atoms with E-state index in [0.29, 0.717) is 10.7 Å². The van der Waals surface area contributed by atoms with Crippen molar-refractivity contribution in [2.24, 2.45) is 0 Å². The Morgan fingerprint density at radius 3 is 2.71 bits per heavy atom. The molecule has 0 amide bonds. The van der Waals surface area contributed by atoms with Crippen LogP contribution in [0.3, 0.4) is 0 Å². The molecule has 0 unspecified atom stereocenters. The number of nitrogen functional groups attached to an aromatic ring is 1. The van der Waals surface area contributed by atoms with Crippen LogP contribution in [-0.2, 0) is 6.54 Å². The molecule has 21 heavy (non-hydrogen) atoms. The predicted octanol–water partition coefficient (Wildman–Crippen LogP) is 5.48. The Hall–Kier alpha value is -1.04. The Bertz CT molecular complexity index is 843. The van der Waals surface area contributed by atoms with E-state index in [1.807, 2.05) is 30.3 Å². The van der Waals surface area contributed by atoms with E-state index in [9.17, 15) is 0 Å². The molecule has 0 saturated carbocycles. The Labute approximate surface area is 144 Å². The third-order valence-electron chi connectivity index (χ3n) is 3.36. The molecule has 0 spiro atoms. The maximum absolute atomic E-state index is 6.21. The van der Waals surface area contributed by atoms with E-state index in [0.717, 1.165) is 37.9 Å². The van der Waals surface area contributed by atoms with Gasteiger partial charge in [-0.15, -0.1) is 0 Å². The molecule has 1 heterocycles. The van der Waals surface area contributed by atoms with Crippen molar-refractivity contribution in [3.05, 3.63) is 44.3 Å². The van der Waals surface area contributed by atoms with E-state index in [1.165, 1.54) is 0 Å². The first-order chi connectivity index (χ1) is 10.0. The van der Waals surface area contributed by atoms with E-state index in [-0.39, 0.29) is 0 Å². The van der Waals surface area contributed by atoms with Gasteiger partial charge in [0.2, 0.25) is 0 Å².